The zero-order valence-electron chi connectivity index (χ0n) is 13.0. The number of carbonyl (C=O) groups excluding carboxylic acids is 1. The SMILES string of the molecule is CC(CCNC(=O)c1ccncc1)OCCC(C)(C)C. The zero-order chi connectivity index (χ0) is 15.0. The summed E-state index contributed by atoms with van der Waals surface area (Å²) in [7, 11) is 0. The second-order valence-electron chi connectivity index (χ2n) is 6.27. The molecule has 20 heavy (non-hydrogen) atoms. The van der Waals surface area contributed by atoms with Gasteiger partial charge in [-0.2, -0.15) is 0 Å². The summed E-state index contributed by atoms with van der Waals surface area (Å²) in [5.74, 6) is -0.0608. The van der Waals surface area contributed by atoms with Crippen molar-refractivity contribution in [2.75, 3.05) is 13.2 Å². The van der Waals surface area contributed by atoms with Crippen molar-refractivity contribution in [3.05, 3.63) is 30.1 Å². The lowest BCUT2D eigenvalue weighted by Crippen LogP contribution is -2.27. The minimum atomic E-state index is -0.0608. The third-order valence-electron chi connectivity index (χ3n) is 3.03. The maximum atomic E-state index is 11.8. The third-order valence-corrected chi connectivity index (χ3v) is 3.03. The van der Waals surface area contributed by atoms with Gasteiger partial charge in [-0.1, -0.05) is 20.8 Å². The lowest BCUT2D eigenvalue weighted by atomic mass is 9.93. The van der Waals surface area contributed by atoms with Crippen molar-refractivity contribution in [1.29, 1.82) is 0 Å². The number of amides is 1. The molecule has 0 bridgehead atoms. The fraction of sp³-hybridized carbons (Fsp3) is 0.625. The van der Waals surface area contributed by atoms with Crippen LogP contribution in [0.4, 0.5) is 0 Å². The molecule has 0 saturated carbocycles. The first-order valence-electron chi connectivity index (χ1n) is 7.18. The number of nitrogens with zero attached hydrogens (tertiary/aromatic N) is 1. The Morgan fingerprint density at radius 2 is 2.00 bits per heavy atom. The normalized spacial score (nSPS) is 13.0. The van der Waals surface area contributed by atoms with E-state index in [-0.39, 0.29) is 12.0 Å². The van der Waals surface area contributed by atoms with Crippen molar-refractivity contribution in [3.8, 4) is 0 Å². The zero-order valence-corrected chi connectivity index (χ0v) is 13.0. The number of hydrogen-bond acceptors (Lipinski definition) is 3. The van der Waals surface area contributed by atoms with E-state index in [0.717, 1.165) is 19.4 Å². The van der Waals surface area contributed by atoms with Crippen LogP contribution in [0.5, 0.6) is 0 Å². The van der Waals surface area contributed by atoms with Crippen molar-refractivity contribution in [2.24, 2.45) is 5.41 Å². The van der Waals surface area contributed by atoms with Crippen molar-refractivity contribution >= 4 is 5.91 Å². The first-order chi connectivity index (χ1) is 9.38. The number of hydrogen-bond donors (Lipinski definition) is 1. The summed E-state index contributed by atoms with van der Waals surface area (Å²) in [6.45, 7) is 10.0. The Morgan fingerprint density at radius 1 is 1.35 bits per heavy atom. The molecule has 0 aliphatic heterocycles. The van der Waals surface area contributed by atoms with Crippen LogP contribution in [0, 0.1) is 5.41 Å². The predicted octanol–water partition coefficient (Wildman–Crippen LogP) is 3.04. The Bertz CT molecular complexity index is 399. The van der Waals surface area contributed by atoms with E-state index in [0.29, 0.717) is 17.5 Å². The van der Waals surface area contributed by atoms with Gasteiger partial charge in [-0.05, 0) is 37.3 Å². The molecule has 1 rings (SSSR count). The van der Waals surface area contributed by atoms with Crippen LogP contribution in [0.15, 0.2) is 24.5 Å². The highest BCUT2D eigenvalue weighted by Gasteiger charge is 2.11. The Kier molecular flexibility index (Phi) is 6.65. The van der Waals surface area contributed by atoms with E-state index in [9.17, 15) is 4.79 Å². The van der Waals surface area contributed by atoms with E-state index in [1.54, 1.807) is 24.5 Å². The van der Waals surface area contributed by atoms with Crippen molar-refractivity contribution in [2.45, 2.75) is 46.6 Å². The van der Waals surface area contributed by atoms with Gasteiger partial charge < -0.3 is 10.1 Å². The third kappa shape index (κ3) is 7.24. The number of rotatable bonds is 7. The molecule has 1 atom stereocenters. The molecule has 4 nitrogen and oxygen atoms in total. The van der Waals surface area contributed by atoms with Crippen LogP contribution in [-0.4, -0.2) is 30.1 Å². The van der Waals surface area contributed by atoms with E-state index in [1.807, 2.05) is 6.92 Å². The number of nitrogens with one attached hydrogen (secondary N) is 1. The van der Waals surface area contributed by atoms with Gasteiger partial charge in [-0.15, -0.1) is 0 Å². The molecule has 1 amide bonds. The fourth-order valence-corrected chi connectivity index (χ4v) is 1.64. The molecule has 1 aromatic rings. The molecule has 0 saturated heterocycles. The van der Waals surface area contributed by atoms with E-state index in [1.165, 1.54) is 0 Å². The van der Waals surface area contributed by atoms with Crippen molar-refractivity contribution < 1.29 is 9.53 Å². The Balaban J connectivity index is 2.16. The van der Waals surface area contributed by atoms with Gasteiger partial charge in [0.15, 0.2) is 0 Å². The van der Waals surface area contributed by atoms with Gasteiger partial charge in [-0.3, -0.25) is 9.78 Å². The van der Waals surface area contributed by atoms with Gasteiger partial charge in [0.05, 0.1) is 6.10 Å². The molecule has 1 aromatic heterocycles. The molecule has 0 fully saturated rings. The van der Waals surface area contributed by atoms with Crippen LogP contribution in [-0.2, 0) is 4.74 Å². The van der Waals surface area contributed by atoms with Gasteiger partial charge in [0, 0.05) is 31.1 Å². The summed E-state index contributed by atoms with van der Waals surface area (Å²) >= 11 is 0. The molecular formula is C16H26N2O2. The highest BCUT2D eigenvalue weighted by atomic mass is 16.5. The van der Waals surface area contributed by atoms with Crippen LogP contribution >= 0.6 is 0 Å². The highest BCUT2D eigenvalue weighted by molar-refractivity contribution is 5.93. The fourth-order valence-electron chi connectivity index (χ4n) is 1.64. The molecule has 4 heteroatoms. The van der Waals surface area contributed by atoms with Crippen LogP contribution < -0.4 is 5.32 Å². The van der Waals surface area contributed by atoms with E-state index >= 15 is 0 Å². The maximum Gasteiger partial charge on any atom is 0.251 e. The molecule has 1 heterocycles. The number of aromatic nitrogens is 1. The van der Waals surface area contributed by atoms with Crippen LogP contribution in [0.2, 0.25) is 0 Å². The van der Waals surface area contributed by atoms with Crippen LogP contribution in [0.3, 0.4) is 0 Å². The first kappa shape index (κ1) is 16.6. The highest BCUT2D eigenvalue weighted by Crippen LogP contribution is 2.18. The predicted molar refractivity (Wildman–Crippen MR) is 80.7 cm³/mol. The van der Waals surface area contributed by atoms with E-state index in [4.69, 9.17) is 4.74 Å². The second kappa shape index (κ2) is 8.00. The van der Waals surface area contributed by atoms with Gasteiger partial charge >= 0.3 is 0 Å². The summed E-state index contributed by atoms with van der Waals surface area (Å²) in [5, 5.41) is 2.89. The number of pyridine rings is 1. The first-order valence-corrected chi connectivity index (χ1v) is 7.18. The number of carbonyl (C=O) groups is 1. The minimum absolute atomic E-state index is 0.0608. The van der Waals surface area contributed by atoms with Crippen molar-refractivity contribution in [3.63, 3.8) is 0 Å². The Hall–Kier alpha value is -1.42. The van der Waals surface area contributed by atoms with Gasteiger partial charge in [0.2, 0.25) is 0 Å². The van der Waals surface area contributed by atoms with Gasteiger partial charge in [0.25, 0.3) is 5.91 Å². The summed E-state index contributed by atoms with van der Waals surface area (Å²) in [6, 6.07) is 3.41. The maximum absolute atomic E-state index is 11.8. The molecule has 1 unspecified atom stereocenters. The molecular weight excluding hydrogens is 252 g/mol. The lowest BCUT2D eigenvalue weighted by molar-refractivity contribution is 0.0441. The monoisotopic (exact) mass is 278 g/mol. The molecule has 1 N–H and O–H groups in total. The Labute approximate surface area is 121 Å². The average molecular weight is 278 g/mol. The second-order valence-corrected chi connectivity index (χ2v) is 6.27. The summed E-state index contributed by atoms with van der Waals surface area (Å²) in [6.07, 6.45) is 5.26. The Morgan fingerprint density at radius 3 is 2.60 bits per heavy atom. The smallest absolute Gasteiger partial charge is 0.251 e. The van der Waals surface area contributed by atoms with E-state index in [2.05, 4.69) is 31.1 Å². The molecule has 0 radical (unpaired) electrons. The molecule has 0 aliphatic carbocycles. The number of ether oxygens (including phenoxy) is 1. The van der Waals surface area contributed by atoms with Gasteiger partial charge in [-0.25, -0.2) is 0 Å². The summed E-state index contributed by atoms with van der Waals surface area (Å²) in [5.41, 5.74) is 0.941. The average Bonchev–Trinajstić information content (AvgIpc) is 2.38. The quantitative estimate of drug-likeness (QED) is 0.834. The standard InChI is InChI=1S/C16H26N2O2/c1-13(20-12-8-16(2,3)4)5-11-18-15(19)14-6-9-17-10-7-14/h6-7,9-10,13H,5,8,11-12H2,1-4H3,(H,18,19). The topological polar surface area (TPSA) is 51.2 Å². The minimum Gasteiger partial charge on any atom is -0.378 e. The lowest BCUT2D eigenvalue weighted by Gasteiger charge is -2.20. The largest absolute Gasteiger partial charge is 0.378 e. The van der Waals surface area contributed by atoms with Crippen LogP contribution in [0.1, 0.15) is 50.9 Å². The molecule has 112 valence electrons. The van der Waals surface area contributed by atoms with Gasteiger partial charge in [0.1, 0.15) is 0 Å². The molecule has 0 spiro atoms. The van der Waals surface area contributed by atoms with Crippen LogP contribution in [0.25, 0.3) is 0 Å². The molecule has 0 aliphatic rings. The summed E-state index contributed by atoms with van der Waals surface area (Å²) < 4.78 is 5.74. The van der Waals surface area contributed by atoms with E-state index < -0.39 is 0 Å². The molecule has 0 aromatic carbocycles. The summed E-state index contributed by atoms with van der Waals surface area (Å²) in [4.78, 5) is 15.7. The van der Waals surface area contributed by atoms with Crippen molar-refractivity contribution in [1.82, 2.24) is 10.3 Å².